The molecule has 0 aliphatic rings. The van der Waals surface area contributed by atoms with Gasteiger partial charge < -0.3 is 15.5 Å². The number of carbonyl (C=O) groups is 3. The zero-order valence-electron chi connectivity index (χ0n) is 14.2. The molecule has 0 saturated heterocycles. The van der Waals surface area contributed by atoms with Gasteiger partial charge in [-0.1, -0.05) is 18.2 Å². The Hall–Kier alpha value is -2.37. The molecular weight excluding hydrogens is 294 g/mol. The number of carbonyl (C=O) groups excluding carboxylic acids is 3. The van der Waals surface area contributed by atoms with Crippen LogP contribution in [0.1, 0.15) is 38.1 Å². The second kappa shape index (κ2) is 8.31. The van der Waals surface area contributed by atoms with Gasteiger partial charge in [-0.25, -0.2) is 0 Å². The van der Waals surface area contributed by atoms with Crippen molar-refractivity contribution in [3.63, 3.8) is 0 Å². The van der Waals surface area contributed by atoms with E-state index in [2.05, 4.69) is 10.6 Å². The topological polar surface area (TPSA) is 78.5 Å². The van der Waals surface area contributed by atoms with Crippen LogP contribution in [0.4, 0.5) is 0 Å². The van der Waals surface area contributed by atoms with Crippen molar-refractivity contribution < 1.29 is 14.4 Å². The molecule has 0 heterocycles. The highest BCUT2D eigenvalue weighted by molar-refractivity contribution is 5.96. The number of likely N-dealkylation sites (N-methyl/N-ethyl adjacent to an activating group) is 1. The molecule has 6 nitrogen and oxygen atoms in total. The second-order valence-electron chi connectivity index (χ2n) is 6.25. The van der Waals surface area contributed by atoms with Crippen LogP contribution in [0.5, 0.6) is 0 Å². The van der Waals surface area contributed by atoms with Gasteiger partial charge in [-0.05, 0) is 39.8 Å². The summed E-state index contributed by atoms with van der Waals surface area (Å²) < 4.78 is 0. The number of amides is 3. The van der Waals surface area contributed by atoms with Crippen LogP contribution in [0.15, 0.2) is 30.3 Å². The zero-order chi connectivity index (χ0) is 17.5. The van der Waals surface area contributed by atoms with E-state index in [-0.39, 0.29) is 36.3 Å². The number of nitrogens with zero attached hydrogens (tertiary/aromatic N) is 1. The first kappa shape index (κ1) is 18.7. The van der Waals surface area contributed by atoms with E-state index in [4.69, 9.17) is 0 Å². The second-order valence-corrected chi connectivity index (χ2v) is 6.25. The number of hydrogen-bond donors (Lipinski definition) is 2. The van der Waals surface area contributed by atoms with Crippen LogP contribution in [0, 0.1) is 0 Å². The highest BCUT2D eigenvalue weighted by Crippen LogP contribution is 2.00. The van der Waals surface area contributed by atoms with Crippen LogP contribution < -0.4 is 10.6 Å². The van der Waals surface area contributed by atoms with E-state index in [1.165, 1.54) is 4.90 Å². The van der Waals surface area contributed by atoms with Crippen molar-refractivity contribution in [1.29, 1.82) is 0 Å². The maximum absolute atomic E-state index is 12.1. The molecule has 0 aromatic heterocycles. The summed E-state index contributed by atoms with van der Waals surface area (Å²) in [5, 5.41) is 5.38. The van der Waals surface area contributed by atoms with E-state index < -0.39 is 0 Å². The fourth-order valence-electron chi connectivity index (χ4n) is 1.97. The van der Waals surface area contributed by atoms with Gasteiger partial charge in [0.25, 0.3) is 5.91 Å². The average molecular weight is 319 g/mol. The monoisotopic (exact) mass is 319 g/mol. The molecule has 0 aliphatic carbocycles. The highest BCUT2D eigenvalue weighted by atomic mass is 16.2. The molecule has 0 atom stereocenters. The lowest BCUT2D eigenvalue weighted by molar-refractivity contribution is -0.135. The number of hydrogen-bond acceptors (Lipinski definition) is 3. The Morgan fingerprint density at radius 2 is 1.70 bits per heavy atom. The molecule has 126 valence electrons. The predicted molar refractivity (Wildman–Crippen MR) is 88.9 cm³/mol. The van der Waals surface area contributed by atoms with E-state index >= 15 is 0 Å². The summed E-state index contributed by atoms with van der Waals surface area (Å²) in [5.74, 6) is -0.822. The summed E-state index contributed by atoms with van der Waals surface area (Å²) in [6, 6.07) is 8.68. The average Bonchev–Trinajstić information content (AvgIpc) is 2.49. The normalized spacial score (nSPS) is 10.8. The molecule has 0 bridgehead atoms. The summed E-state index contributed by atoms with van der Waals surface area (Å²) >= 11 is 0. The van der Waals surface area contributed by atoms with Crippen molar-refractivity contribution in [3.05, 3.63) is 35.9 Å². The third-order valence-corrected chi connectivity index (χ3v) is 3.02. The SMILES string of the molecule is CCN(CC(=O)NC(C)(C)C)C(=O)CNC(=O)c1ccccc1. The maximum atomic E-state index is 12.1. The Morgan fingerprint density at radius 1 is 1.09 bits per heavy atom. The summed E-state index contributed by atoms with van der Waals surface area (Å²) in [6.07, 6.45) is 0. The van der Waals surface area contributed by atoms with E-state index in [9.17, 15) is 14.4 Å². The van der Waals surface area contributed by atoms with Crippen molar-refractivity contribution in [2.45, 2.75) is 33.2 Å². The van der Waals surface area contributed by atoms with Gasteiger partial charge >= 0.3 is 0 Å². The van der Waals surface area contributed by atoms with Crippen molar-refractivity contribution in [3.8, 4) is 0 Å². The Labute approximate surface area is 137 Å². The summed E-state index contributed by atoms with van der Waals surface area (Å²) in [5.41, 5.74) is 0.148. The van der Waals surface area contributed by atoms with Gasteiger partial charge in [0.1, 0.15) is 0 Å². The minimum absolute atomic E-state index is 0.0200. The van der Waals surface area contributed by atoms with Crippen molar-refractivity contribution in [1.82, 2.24) is 15.5 Å². The van der Waals surface area contributed by atoms with E-state index in [0.717, 1.165) is 0 Å². The van der Waals surface area contributed by atoms with E-state index in [1.54, 1.807) is 31.2 Å². The van der Waals surface area contributed by atoms with Crippen molar-refractivity contribution in [2.75, 3.05) is 19.6 Å². The minimum Gasteiger partial charge on any atom is -0.350 e. The molecule has 23 heavy (non-hydrogen) atoms. The summed E-state index contributed by atoms with van der Waals surface area (Å²) in [7, 11) is 0. The lowest BCUT2D eigenvalue weighted by atomic mass is 10.1. The van der Waals surface area contributed by atoms with Gasteiger partial charge in [0.15, 0.2) is 0 Å². The molecule has 1 aromatic carbocycles. The van der Waals surface area contributed by atoms with E-state index in [1.807, 2.05) is 26.8 Å². The molecule has 1 aromatic rings. The summed E-state index contributed by atoms with van der Waals surface area (Å²) in [4.78, 5) is 37.4. The molecule has 1 rings (SSSR count). The standard InChI is InChI=1S/C17H25N3O3/c1-5-20(12-14(21)19-17(2,3)4)15(22)11-18-16(23)13-9-7-6-8-10-13/h6-10H,5,11-12H2,1-4H3,(H,18,23)(H,19,21). The minimum atomic E-state index is -0.346. The van der Waals surface area contributed by atoms with E-state index in [0.29, 0.717) is 12.1 Å². The quantitative estimate of drug-likeness (QED) is 0.826. The van der Waals surface area contributed by atoms with Gasteiger partial charge in [-0.15, -0.1) is 0 Å². The number of rotatable bonds is 6. The molecule has 0 saturated carbocycles. The Bertz CT molecular complexity index is 550. The highest BCUT2D eigenvalue weighted by Gasteiger charge is 2.19. The Morgan fingerprint density at radius 3 is 2.22 bits per heavy atom. The molecular formula is C17H25N3O3. The van der Waals surface area contributed by atoms with Gasteiger partial charge in [0.05, 0.1) is 13.1 Å². The maximum Gasteiger partial charge on any atom is 0.251 e. The van der Waals surface area contributed by atoms with Crippen LogP contribution >= 0.6 is 0 Å². The smallest absolute Gasteiger partial charge is 0.251 e. The number of nitrogens with one attached hydrogen (secondary N) is 2. The first-order chi connectivity index (χ1) is 10.7. The van der Waals surface area contributed by atoms with Crippen LogP contribution in [-0.4, -0.2) is 47.8 Å². The van der Waals surface area contributed by atoms with Crippen molar-refractivity contribution in [2.24, 2.45) is 0 Å². The van der Waals surface area contributed by atoms with Gasteiger partial charge in [0, 0.05) is 17.6 Å². The molecule has 2 N–H and O–H groups in total. The third-order valence-electron chi connectivity index (χ3n) is 3.02. The van der Waals surface area contributed by atoms with Gasteiger partial charge in [-0.2, -0.15) is 0 Å². The molecule has 0 aliphatic heterocycles. The fourth-order valence-corrected chi connectivity index (χ4v) is 1.97. The van der Waals surface area contributed by atoms with Gasteiger partial charge in [0.2, 0.25) is 11.8 Å². The fraction of sp³-hybridized carbons (Fsp3) is 0.471. The van der Waals surface area contributed by atoms with Crippen LogP contribution in [0.3, 0.4) is 0 Å². The first-order valence-corrected chi connectivity index (χ1v) is 7.65. The molecule has 0 spiro atoms. The molecule has 3 amide bonds. The lowest BCUT2D eigenvalue weighted by Crippen LogP contribution is -2.49. The predicted octanol–water partition coefficient (Wildman–Crippen LogP) is 1.18. The molecule has 0 unspecified atom stereocenters. The van der Waals surface area contributed by atoms with Crippen LogP contribution in [0.25, 0.3) is 0 Å². The van der Waals surface area contributed by atoms with Crippen LogP contribution in [-0.2, 0) is 9.59 Å². The van der Waals surface area contributed by atoms with Crippen LogP contribution in [0.2, 0.25) is 0 Å². The zero-order valence-corrected chi connectivity index (χ0v) is 14.2. The Balaban J connectivity index is 2.51. The summed E-state index contributed by atoms with van der Waals surface area (Å²) in [6.45, 7) is 7.67. The first-order valence-electron chi connectivity index (χ1n) is 7.65. The van der Waals surface area contributed by atoms with Gasteiger partial charge in [-0.3, -0.25) is 14.4 Å². The largest absolute Gasteiger partial charge is 0.350 e. The molecule has 0 radical (unpaired) electrons. The third kappa shape index (κ3) is 6.95. The Kier molecular flexibility index (Phi) is 6.75. The lowest BCUT2D eigenvalue weighted by Gasteiger charge is -2.25. The van der Waals surface area contributed by atoms with Crippen molar-refractivity contribution >= 4 is 17.7 Å². The molecule has 0 fully saturated rings. The number of benzene rings is 1. The molecule has 6 heteroatoms.